The fourth-order valence-electron chi connectivity index (χ4n) is 3.56. The van der Waals surface area contributed by atoms with Crippen LogP contribution in [-0.2, 0) is 17.9 Å². The number of allylic oxidation sites excluding steroid dienone is 1. The molecule has 0 radical (unpaired) electrons. The van der Waals surface area contributed by atoms with E-state index in [1.807, 2.05) is 54.3 Å². The summed E-state index contributed by atoms with van der Waals surface area (Å²) in [5.74, 6) is 0.642. The standard InChI is InChI=1S/C20H20ClN5O/c1-3-8-25-13(2)16(10-22-25)15-9-19(27)24-20-17(15)11-23-26(20)12-14-6-4-5-7-18(14)21/h3-7,10-11,15H,1,8-9,12H2,2H3,(H,24,27). The number of carbonyl (C=O) groups excluding carboxylic acids is 1. The summed E-state index contributed by atoms with van der Waals surface area (Å²) in [6.45, 7) is 6.93. The lowest BCUT2D eigenvalue weighted by Gasteiger charge is -2.23. The number of halogens is 1. The first-order valence-electron chi connectivity index (χ1n) is 8.80. The van der Waals surface area contributed by atoms with E-state index in [1.165, 1.54) is 0 Å². The number of aromatic nitrogens is 4. The van der Waals surface area contributed by atoms with Crippen LogP contribution in [0.3, 0.4) is 0 Å². The van der Waals surface area contributed by atoms with Gasteiger partial charge < -0.3 is 5.32 Å². The van der Waals surface area contributed by atoms with Crippen molar-refractivity contribution in [1.29, 1.82) is 0 Å². The highest BCUT2D eigenvalue weighted by atomic mass is 35.5. The monoisotopic (exact) mass is 381 g/mol. The first-order chi connectivity index (χ1) is 13.1. The van der Waals surface area contributed by atoms with Gasteiger partial charge in [0.1, 0.15) is 5.82 Å². The Labute approximate surface area is 162 Å². The van der Waals surface area contributed by atoms with Crippen LogP contribution < -0.4 is 5.32 Å². The zero-order valence-electron chi connectivity index (χ0n) is 15.0. The van der Waals surface area contributed by atoms with E-state index in [2.05, 4.69) is 22.1 Å². The summed E-state index contributed by atoms with van der Waals surface area (Å²) in [4.78, 5) is 12.4. The van der Waals surface area contributed by atoms with Crippen LogP contribution in [0, 0.1) is 6.92 Å². The van der Waals surface area contributed by atoms with Crippen molar-refractivity contribution >= 4 is 23.3 Å². The summed E-state index contributed by atoms with van der Waals surface area (Å²) in [6, 6.07) is 7.65. The van der Waals surface area contributed by atoms with Gasteiger partial charge in [0.15, 0.2) is 0 Å². The second kappa shape index (κ2) is 7.04. The highest BCUT2D eigenvalue weighted by molar-refractivity contribution is 6.31. The van der Waals surface area contributed by atoms with Crippen molar-refractivity contribution in [2.75, 3.05) is 5.32 Å². The largest absolute Gasteiger partial charge is 0.311 e. The molecule has 0 saturated heterocycles. The zero-order chi connectivity index (χ0) is 19.0. The Bertz CT molecular complexity index is 1020. The van der Waals surface area contributed by atoms with Gasteiger partial charge >= 0.3 is 0 Å². The number of anilines is 1. The number of hydrogen-bond donors (Lipinski definition) is 1. The molecule has 1 aliphatic rings. The molecule has 6 nitrogen and oxygen atoms in total. The first kappa shape index (κ1) is 17.5. The zero-order valence-corrected chi connectivity index (χ0v) is 15.8. The lowest BCUT2D eigenvalue weighted by atomic mass is 9.88. The average molecular weight is 382 g/mol. The Balaban J connectivity index is 1.72. The third-order valence-electron chi connectivity index (χ3n) is 4.99. The molecule has 2 aromatic heterocycles. The molecule has 1 aliphatic heterocycles. The molecular formula is C20H20ClN5O. The highest BCUT2D eigenvalue weighted by Gasteiger charge is 2.32. The van der Waals surface area contributed by atoms with Crippen molar-refractivity contribution in [2.24, 2.45) is 0 Å². The summed E-state index contributed by atoms with van der Waals surface area (Å²) in [7, 11) is 0. The SMILES string of the molecule is C=CCn1ncc(C2CC(=O)Nc3c2cnn3Cc2ccccc2Cl)c1C. The normalized spacial score (nSPS) is 16.1. The molecule has 1 unspecified atom stereocenters. The van der Waals surface area contributed by atoms with Crippen LogP contribution in [0.1, 0.15) is 34.7 Å². The molecule has 3 aromatic rings. The molecule has 1 amide bonds. The van der Waals surface area contributed by atoms with Crippen LogP contribution >= 0.6 is 11.6 Å². The van der Waals surface area contributed by atoms with Crippen LogP contribution in [0.5, 0.6) is 0 Å². The maximum Gasteiger partial charge on any atom is 0.226 e. The molecule has 7 heteroatoms. The lowest BCUT2D eigenvalue weighted by molar-refractivity contribution is -0.116. The van der Waals surface area contributed by atoms with Crippen LogP contribution in [0.2, 0.25) is 5.02 Å². The van der Waals surface area contributed by atoms with Gasteiger partial charge in [0.25, 0.3) is 0 Å². The van der Waals surface area contributed by atoms with E-state index in [0.29, 0.717) is 24.5 Å². The second-order valence-electron chi connectivity index (χ2n) is 6.66. The maximum absolute atomic E-state index is 12.4. The second-order valence-corrected chi connectivity index (χ2v) is 7.07. The third kappa shape index (κ3) is 3.17. The summed E-state index contributed by atoms with van der Waals surface area (Å²) in [5.41, 5.74) is 4.05. The fraction of sp³-hybridized carbons (Fsp3) is 0.250. The summed E-state index contributed by atoms with van der Waals surface area (Å²) in [5, 5.41) is 12.6. The molecule has 1 N–H and O–H groups in total. The third-order valence-corrected chi connectivity index (χ3v) is 5.36. The van der Waals surface area contributed by atoms with Crippen molar-refractivity contribution in [3.63, 3.8) is 0 Å². The van der Waals surface area contributed by atoms with E-state index in [9.17, 15) is 4.79 Å². The van der Waals surface area contributed by atoms with Crippen LogP contribution in [0.4, 0.5) is 5.82 Å². The minimum Gasteiger partial charge on any atom is -0.311 e. The van der Waals surface area contributed by atoms with Crippen LogP contribution in [0.25, 0.3) is 0 Å². The maximum atomic E-state index is 12.4. The van der Waals surface area contributed by atoms with Gasteiger partial charge in [-0.25, -0.2) is 4.68 Å². The predicted octanol–water partition coefficient (Wildman–Crippen LogP) is 3.75. The molecular weight excluding hydrogens is 362 g/mol. The Hall–Kier alpha value is -2.86. The van der Waals surface area contributed by atoms with E-state index >= 15 is 0 Å². The topological polar surface area (TPSA) is 64.7 Å². The van der Waals surface area contributed by atoms with Crippen LogP contribution in [0.15, 0.2) is 49.3 Å². The molecule has 4 rings (SSSR count). The predicted molar refractivity (Wildman–Crippen MR) is 105 cm³/mol. The van der Waals surface area contributed by atoms with Gasteiger partial charge in [0, 0.05) is 34.2 Å². The summed E-state index contributed by atoms with van der Waals surface area (Å²) >= 11 is 6.28. The van der Waals surface area contributed by atoms with E-state index in [1.54, 1.807) is 4.68 Å². The molecule has 0 fully saturated rings. The number of nitrogens with zero attached hydrogens (tertiary/aromatic N) is 4. The number of fused-ring (bicyclic) bond motifs is 1. The lowest BCUT2D eigenvalue weighted by Crippen LogP contribution is -2.25. The van der Waals surface area contributed by atoms with Gasteiger partial charge in [-0.15, -0.1) is 6.58 Å². The van der Waals surface area contributed by atoms with Gasteiger partial charge in [-0.2, -0.15) is 10.2 Å². The quantitative estimate of drug-likeness (QED) is 0.684. The first-order valence-corrected chi connectivity index (χ1v) is 9.18. The Morgan fingerprint density at radius 1 is 1.26 bits per heavy atom. The summed E-state index contributed by atoms with van der Waals surface area (Å²) < 4.78 is 3.69. The molecule has 27 heavy (non-hydrogen) atoms. The number of carbonyl (C=O) groups is 1. The Morgan fingerprint density at radius 2 is 2.00 bits per heavy atom. The van der Waals surface area contributed by atoms with Gasteiger partial charge in [-0.3, -0.25) is 9.48 Å². The van der Waals surface area contributed by atoms with Crippen molar-refractivity contribution in [3.05, 3.63) is 76.7 Å². The number of hydrogen-bond acceptors (Lipinski definition) is 3. The van der Waals surface area contributed by atoms with E-state index < -0.39 is 0 Å². The van der Waals surface area contributed by atoms with Crippen LogP contribution in [-0.4, -0.2) is 25.5 Å². The molecule has 1 aromatic carbocycles. The minimum absolute atomic E-state index is 0.0238. The van der Waals surface area contributed by atoms with Crippen molar-refractivity contribution in [2.45, 2.75) is 32.4 Å². The average Bonchev–Trinajstić information content (AvgIpc) is 3.21. The number of rotatable bonds is 5. The summed E-state index contributed by atoms with van der Waals surface area (Å²) in [6.07, 6.45) is 5.87. The van der Waals surface area contributed by atoms with Gasteiger partial charge in [-0.05, 0) is 18.6 Å². The molecule has 0 saturated carbocycles. The molecule has 0 aliphatic carbocycles. The molecule has 138 valence electrons. The number of benzene rings is 1. The van der Waals surface area contributed by atoms with E-state index in [0.717, 1.165) is 28.2 Å². The fourth-order valence-corrected chi connectivity index (χ4v) is 3.76. The van der Waals surface area contributed by atoms with Crippen molar-refractivity contribution in [1.82, 2.24) is 19.6 Å². The molecule has 3 heterocycles. The van der Waals surface area contributed by atoms with Gasteiger partial charge in [-0.1, -0.05) is 35.9 Å². The Kier molecular flexibility index (Phi) is 4.58. The van der Waals surface area contributed by atoms with Crippen molar-refractivity contribution < 1.29 is 4.79 Å². The van der Waals surface area contributed by atoms with E-state index in [4.69, 9.17) is 11.6 Å². The Morgan fingerprint density at radius 3 is 2.78 bits per heavy atom. The molecule has 0 spiro atoms. The van der Waals surface area contributed by atoms with E-state index in [-0.39, 0.29) is 11.8 Å². The smallest absolute Gasteiger partial charge is 0.226 e. The van der Waals surface area contributed by atoms with Crippen molar-refractivity contribution in [3.8, 4) is 0 Å². The molecule has 1 atom stereocenters. The van der Waals surface area contributed by atoms with Gasteiger partial charge in [0.05, 0.1) is 25.5 Å². The molecule has 0 bridgehead atoms. The minimum atomic E-state index is -0.0627. The number of amides is 1. The number of nitrogens with one attached hydrogen (secondary N) is 1. The van der Waals surface area contributed by atoms with Gasteiger partial charge in [0.2, 0.25) is 5.91 Å². The highest BCUT2D eigenvalue weighted by Crippen LogP contribution is 2.38.